The summed E-state index contributed by atoms with van der Waals surface area (Å²) in [7, 11) is -4.70. The van der Waals surface area contributed by atoms with Crippen molar-refractivity contribution >= 4 is 17.8 Å². The standard InChI is InChI=1S/C5H14O3Si2/c1-4-5-10(6,7)8-9(2)3/h4-7,9H,1-3H3. The van der Waals surface area contributed by atoms with Crippen LogP contribution in [0.3, 0.4) is 0 Å². The molecule has 0 bridgehead atoms. The fourth-order valence-electron chi connectivity index (χ4n) is 0.603. The molecule has 0 amide bonds. The van der Waals surface area contributed by atoms with Crippen molar-refractivity contribution in [1.29, 1.82) is 0 Å². The van der Waals surface area contributed by atoms with E-state index in [1.165, 1.54) is 5.70 Å². The maximum atomic E-state index is 9.10. The monoisotopic (exact) mass is 178 g/mol. The average Bonchev–Trinajstić information content (AvgIpc) is 1.59. The fraction of sp³-hybridized carbons (Fsp3) is 0.600. The zero-order chi connectivity index (χ0) is 8.20. The number of hydrogen-bond donors (Lipinski definition) is 2. The van der Waals surface area contributed by atoms with E-state index in [1.807, 2.05) is 13.1 Å². The van der Waals surface area contributed by atoms with Gasteiger partial charge in [-0.05, 0) is 25.7 Å². The van der Waals surface area contributed by atoms with Gasteiger partial charge in [-0.15, -0.1) is 0 Å². The first kappa shape index (κ1) is 10.1. The lowest BCUT2D eigenvalue weighted by Crippen LogP contribution is -2.40. The van der Waals surface area contributed by atoms with Crippen molar-refractivity contribution in [3.63, 3.8) is 0 Å². The van der Waals surface area contributed by atoms with Gasteiger partial charge in [-0.25, -0.2) is 0 Å². The first-order valence-electron chi connectivity index (χ1n) is 3.24. The van der Waals surface area contributed by atoms with Gasteiger partial charge in [0.2, 0.25) is 0 Å². The van der Waals surface area contributed by atoms with E-state index in [9.17, 15) is 0 Å². The Labute approximate surface area is 64.1 Å². The first-order chi connectivity index (χ1) is 4.48. The highest BCUT2D eigenvalue weighted by Gasteiger charge is 2.28. The van der Waals surface area contributed by atoms with Crippen molar-refractivity contribution in [1.82, 2.24) is 0 Å². The van der Waals surface area contributed by atoms with E-state index in [2.05, 4.69) is 0 Å². The molecule has 0 saturated heterocycles. The van der Waals surface area contributed by atoms with E-state index in [4.69, 9.17) is 13.7 Å². The minimum absolute atomic E-state index is 1.32. The van der Waals surface area contributed by atoms with Gasteiger partial charge in [-0.2, -0.15) is 0 Å². The zero-order valence-electron chi connectivity index (χ0n) is 6.53. The largest absolute Gasteiger partial charge is 0.513 e. The third kappa shape index (κ3) is 4.89. The molecule has 0 atom stereocenters. The van der Waals surface area contributed by atoms with Crippen LogP contribution in [0, 0.1) is 0 Å². The molecule has 0 rings (SSSR count). The van der Waals surface area contributed by atoms with E-state index in [0.717, 1.165) is 0 Å². The lowest BCUT2D eigenvalue weighted by molar-refractivity contribution is 0.261. The average molecular weight is 178 g/mol. The van der Waals surface area contributed by atoms with Crippen LogP contribution in [0.5, 0.6) is 0 Å². The zero-order valence-corrected chi connectivity index (χ0v) is 8.69. The SMILES string of the molecule is CC=C[Si](O)(O)O[SiH](C)C. The van der Waals surface area contributed by atoms with E-state index in [1.54, 1.807) is 13.0 Å². The fourth-order valence-corrected chi connectivity index (χ4v) is 4.13. The van der Waals surface area contributed by atoms with Gasteiger partial charge < -0.3 is 13.7 Å². The van der Waals surface area contributed by atoms with Gasteiger partial charge in [0.15, 0.2) is 9.04 Å². The van der Waals surface area contributed by atoms with Gasteiger partial charge in [0.05, 0.1) is 0 Å². The molecule has 0 heterocycles. The highest BCUT2D eigenvalue weighted by atomic mass is 28.4. The quantitative estimate of drug-likeness (QED) is 0.599. The topological polar surface area (TPSA) is 49.7 Å². The van der Waals surface area contributed by atoms with Crippen LogP contribution in [-0.2, 0) is 4.12 Å². The normalized spacial score (nSPS) is 13.4. The molecule has 2 N–H and O–H groups in total. The van der Waals surface area contributed by atoms with Crippen molar-refractivity contribution in [2.75, 3.05) is 0 Å². The summed E-state index contributed by atoms with van der Waals surface area (Å²) in [5.74, 6) is 0. The summed E-state index contributed by atoms with van der Waals surface area (Å²) in [4.78, 5) is 18.2. The Balaban J connectivity index is 3.86. The molecule has 0 aliphatic rings. The van der Waals surface area contributed by atoms with Crippen LogP contribution >= 0.6 is 0 Å². The minimum Gasteiger partial charge on any atom is -0.416 e. The molecule has 0 saturated carbocycles. The third-order valence-corrected chi connectivity index (χ3v) is 4.83. The third-order valence-electron chi connectivity index (χ3n) is 0.793. The summed E-state index contributed by atoms with van der Waals surface area (Å²) >= 11 is 0. The van der Waals surface area contributed by atoms with Gasteiger partial charge in [0.25, 0.3) is 0 Å². The van der Waals surface area contributed by atoms with Crippen LogP contribution in [-0.4, -0.2) is 27.4 Å². The Morgan fingerprint density at radius 3 is 2.20 bits per heavy atom. The maximum Gasteiger partial charge on any atom is 0.513 e. The highest BCUT2D eigenvalue weighted by Crippen LogP contribution is 1.99. The molecule has 60 valence electrons. The van der Waals surface area contributed by atoms with Gasteiger partial charge in [-0.1, -0.05) is 6.08 Å². The van der Waals surface area contributed by atoms with Gasteiger partial charge in [0.1, 0.15) is 0 Å². The lowest BCUT2D eigenvalue weighted by Gasteiger charge is -2.15. The van der Waals surface area contributed by atoms with E-state index >= 15 is 0 Å². The predicted molar refractivity (Wildman–Crippen MR) is 45.0 cm³/mol. The molecule has 0 fully saturated rings. The van der Waals surface area contributed by atoms with Crippen molar-refractivity contribution in [2.24, 2.45) is 0 Å². The Kier molecular flexibility index (Phi) is 4.06. The van der Waals surface area contributed by atoms with E-state index in [-0.39, 0.29) is 0 Å². The summed E-state index contributed by atoms with van der Waals surface area (Å²) < 4.78 is 4.98. The molecule has 10 heavy (non-hydrogen) atoms. The summed E-state index contributed by atoms with van der Waals surface area (Å²) in [6.45, 7) is 5.54. The smallest absolute Gasteiger partial charge is 0.416 e. The second kappa shape index (κ2) is 4.04. The van der Waals surface area contributed by atoms with Crippen molar-refractivity contribution < 1.29 is 13.7 Å². The molecule has 0 aromatic heterocycles. The summed E-state index contributed by atoms with van der Waals surface area (Å²) in [5.41, 5.74) is 1.35. The van der Waals surface area contributed by atoms with Crippen molar-refractivity contribution in [3.05, 3.63) is 11.8 Å². The van der Waals surface area contributed by atoms with E-state index in [0.29, 0.717) is 0 Å². The Bertz CT molecular complexity index is 122. The minimum atomic E-state index is -3.39. The first-order valence-corrected chi connectivity index (χ1v) is 7.90. The molecule has 0 aromatic rings. The van der Waals surface area contributed by atoms with Crippen molar-refractivity contribution in [2.45, 2.75) is 20.0 Å². The van der Waals surface area contributed by atoms with Crippen LogP contribution in [0.2, 0.25) is 13.1 Å². The maximum absolute atomic E-state index is 9.10. The molecule has 5 heteroatoms. The van der Waals surface area contributed by atoms with Crippen LogP contribution in [0.15, 0.2) is 11.8 Å². The van der Waals surface area contributed by atoms with Crippen LogP contribution in [0.4, 0.5) is 0 Å². The van der Waals surface area contributed by atoms with E-state index < -0.39 is 17.8 Å². The molecule has 0 aromatic carbocycles. The molecular weight excluding hydrogens is 164 g/mol. The van der Waals surface area contributed by atoms with Gasteiger partial charge in [-0.3, -0.25) is 0 Å². The second-order valence-electron chi connectivity index (χ2n) is 2.33. The van der Waals surface area contributed by atoms with Crippen LogP contribution < -0.4 is 0 Å². The molecular formula is C5H14O3Si2. The van der Waals surface area contributed by atoms with Crippen LogP contribution in [0.1, 0.15) is 6.92 Å². The van der Waals surface area contributed by atoms with Gasteiger partial charge >= 0.3 is 8.80 Å². The Morgan fingerprint density at radius 1 is 1.40 bits per heavy atom. The second-order valence-corrected chi connectivity index (χ2v) is 7.02. The molecule has 0 aliphatic carbocycles. The molecule has 0 spiro atoms. The summed E-state index contributed by atoms with van der Waals surface area (Å²) in [6.07, 6.45) is 1.60. The Morgan fingerprint density at radius 2 is 1.90 bits per heavy atom. The number of allylic oxidation sites excluding steroid dienone is 1. The van der Waals surface area contributed by atoms with Crippen molar-refractivity contribution in [3.8, 4) is 0 Å². The molecule has 0 unspecified atom stereocenters. The van der Waals surface area contributed by atoms with Gasteiger partial charge in [0, 0.05) is 0 Å². The molecule has 0 radical (unpaired) electrons. The molecule has 0 aliphatic heterocycles. The lowest BCUT2D eigenvalue weighted by atomic mass is 10.8. The highest BCUT2D eigenvalue weighted by molar-refractivity contribution is 6.72. The predicted octanol–water partition coefficient (Wildman–Crippen LogP) is 0.0252. The Hall–Kier alpha value is 0.0538. The summed E-state index contributed by atoms with van der Waals surface area (Å²) in [6, 6.07) is 0. The van der Waals surface area contributed by atoms with Crippen LogP contribution in [0.25, 0.3) is 0 Å². The number of hydrogen-bond acceptors (Lipinski definition) is 3. The summed E-state index contributed by atoms with van der Waals surface area (Å²) in [5, 5.41) is 0. The number of rotatable bonds is 3. The molecule has 3 nitrogen and oxygen atoms in total.